The lowest BCUT2D eigenvalue weighted by Crippen LogP contribution is -2.28. The van der Waals surface area contributed by atoms with E-state index in [-0.39, 0.29) is 11.9 Å². The number of hydrogen-bond donors (Lipinski definition) is 1. The van der Waals surface area contributed by atoms with Crippen molar-refractivity contribution in [3.63, 3.8) is 0 Å². The van der Waals surface area contributed by atoms with Crippen molar-refractivity contribution in [2.75, 3.05) is 0 Å². The molecule has 2 rings (SSSR count). The van der Waals surface area contributed by atoms with Gasteiger partial charge in [-0.25, -0.2) is 4.39 Å². The van der Waals surface area contributed by atoms with Crippen LogP contribution in [0.1, 0.15) is 23.7 Å². The van der Waals surface area contributed by atoms with Crippen LogP contribution in [-0.2, 0) is 20.0 Å². The summed E-state index contributed by atoms with van der Waals surface area (Å²) >= 11 is 0. The van der Waals surface area contributed by atoms with E-state index in [1.807, 2.05) is 37.0 Å². The van der Waals surface area contributed by atoms with Crippen molar-refractivity contribution >= 4 is 0 Å². The number of benzene rings is 1. The second-order valence-corrected chi connectivity index (χ2v) is 4.99. The minimum Gasteiger partial charge on any atom is -0.310 e. The lowest BCUT2D eigenvalue weighted by Gasteiger charge is -2.14. The molecule has 0 radical (unpaired) electrons. The summed E-state index contributed by atoms with van der Waals surface area (Å²) in [5.74, 6) is -0.131. The topological polar surface area (TPSA) is 29.9 Å². The second kappa shape index (κ2) is 5.97. The van der Waals surface area contributed by atoms with Gasteiger partial charge in [-0.15, -0.1) is 0 Å². The normalized spacial score (nSPS) is 12.6. The molecule has 19 heavy (non-hydrogen) atoms. The smallest absolute Gasteiger partial charge is 0.126 e. The highest BCUT2D eigenvalue weighted by atomic mass is 19.1. The maximum Gasteiger partial charge on any atom is 0.126 e. The summed E-state index contributed by atoms with van der Waals surface area (Å²) in [5, 5.41) is 7.71. The number of nitrogens with zero attached hydrogens (tertiary/aromatic N) is 2. The SMILES string of the molecule is Cc1nn(C)cc1CNC(C)Cc1ccccc1F. The first-order valence-electron chi connectivity index (χ1n) is 6.52. The van der Waals surface area contributed by atoms with Crippen molar-refractivity contribution in [3.05, 3.63) is 53.1 Å². The predicted molar refractivity (Wildman–Crippen MR) is 74.4 cm³/mol. The molecule has 1 N–H and O–H groups in total. The summed E-state index contributed by atoms with van der Waals surface area (Å²) < 4.78 is 15.4. The van der Waals surface area contributed by atoms with E-state index in [9.17, 15) is 4.39 Å². The van der Waals surface area contributed by atoms with Crippen LogP contribution in [0.3, 0.4) is 0 Å². The van der Waals surface area contributed by atoms with Crippen molar-refractivity contribution in [1.29, 1.82) is 0 Å². The molecule has 0 aliphatic heterocycles. The molecule has 0 bridgehead atoms. The Morgan fingerprint density at radius 3 is 2.68 bits per heavy atom. The molecule has 1 aromatic heterocycles. The van der Waals surface area contributed by atoms with Crippen LogP contribution in [0.4, 0.5) is 4.39 Å². The third-order valence-corrected chi connectivity index (χ3v) is 3.24. The van der Waals surface area contributed by atoms with Crippen LogP contribution in [0.5, 0.6) is 0 Å². The van der Waals surface area contributed by atoms with Gasteiger partial charge in [-0.05, 0) is 31.9 Å². The quantitative estimate of drug-likeness (QED) is 0.896. The lowest BCUT2D eigenvalue weighted by atomic mass is 10.1. The van der Waals surface area contributed by atoms with Gasteiger partial charge in [0, 0.05) is 31.4 Å². The molecular weight excluding hydrogens is 241 g/mol. The molecule has 0 saturated carbocycles. The van der Waals surface area contributed by atoms with Crippen LogP contribution >= 0.6 is 0 Å². The molecule has 1 unspecified atom stereocenters. The summed E-state index contributed by atoms with van der Waals surface area (Å²) in [6.07, 6.45) is 2.70. The van der Waals surface area contributed by atoms with Crippen LogP contribution in [0.25, 0.3) is 0 Å². The Morgan fingerprint density at radius 1 is 1.32 bits per heavy atom. The van der Waals surface area contributed by atoms with E-state index in [1.54, 1.807) is 6.07 Å². The standard InChI is InChI=1S/C15H20FN3/c1-11(8-13-6-4-5-7-15(13)16)17-9-14-10-19(3)18-12(14)2/h4-7,10-11,17H,8-9H2,1-3H3. The van der Waals surface area contributed by atoms with Gasteiger partial charge in [-0.1, -0.05) is 18.2 Å². The fourth-order valence-electron chi connectivity index (χ4n) is 2.17. The summed E-state index contributed by atoms with van der Waals surface area (Å²) in [7, 11) is 1.92. The molecule has 1 aromatic carbocycles. The lowest BCUT2D eigenvalue weighted by molar-refractivity contribution is 0.525. The molecule has 3 nitrogen and oxygen atoms in total. The number of nitrogens with one attached hydrogen (secondary N) is 1. The maximum atomic E-state index is 13.5. The Hall–Kier alpha value is -1.68. The van der Waals surface area contributed by atoms with Gasteiger partial charge in [0.2, 0.25) is 0 Å². The average Bonchev–Trinajstić information content (AvgIpc) is 2.68. The van der Waals surface area contributed by atoms with Gasteiger partial charge in [0.1, 0.15) is 5.82 Å². The van der Waals surface area contributed by atoms with E-state index in [0.717, 1.165) is 17.8 Å². The molecule has 0 amide bonds. The average molecular weight is 261 g/mol. The molecule has 1 atom stereocenters. The Bertz CT molecular complexity index is 548. The van der Waals surface area contributed by atoms with Crippen molar-refractivity contribution < 1.29 is 4.39 Å². The fraction of sp³-hybridized carbons (Fsp3) is 0.400. The zero-order valence-electron chi connectivity index (χ0n) is 11.7. The molecule has 4 heteroatoms. The van der Waals surface area contributed by atoms with Gasteiger partial charge in [0.05, 0.1) is 5.69 Å². The first-order chi connectivity index (χ1) is 9.06. The van der Waals surface area contributed by atoms with Crippen LogP contribution in [0.15, 0.2) is 30.5 Å². The zero-order valence-corrected chi connectivity index (χ0v) is 11.7. The Morgan fingerprint density at radius 2 is 2.05 bits per heavy atom. The van der Waals surface area contributed by atoms with E-state index in [1.165, 1.54) is 11.6 Å². The molecule has 0 aliphatic carbocycles. The van der Waals surface area contributed by atoms with Gasteiger partial charge < -0.3 is 5.32 Å². The highest BCUT2D eigenvalue weighted by molar-refractivity contribution is 5.19. The van der Waals surface area contributed by atoms with E-state index in [2.05, 4.69) is 17.3 Å². The Labute approximate surface area is 113 Å². The maximum absolute atomic E-state index is 13.5. The van der Waals surface area contributed by atoms with Crippen molar-refractivity contribution in [2.45, 2.75) is 32.9 Å². The fourth-order valence-corrected chi connectivity index (χ4v) is 2.17. The number of rotatable bonds is 5. The molecular formula is C15H20FN3. The zero-order chi connectivity index (χ0) is 13.8. The Kier molecular flexibility index (Phi) is 4.32. The number of hydrogen-bond acceptors (Lipinski definition) is 2. The van der Waals surface area contributed by atoms with Crippen molar-refractivity contribution in [1.82, 2.24) is 15.1 Å². The van der Waals surface area contributed by atoms with Crippen molar-refractivity contribution in [2.24, 2.45) is 7.05 Å². The summed E-state index contributed by atoms with van der Waals surface area (Å²) in [5.41, 5.74) is 2.97. The van der Waals surface area contributed by atoms with E-state index < -0.39 is 0 Å². The van der Waals surface area contributed by atoms with E-state index in [0.29, 0.717) is 6.42 Å². The highest BCUT2D eigenvalue weighted by Gasteiger charge is 2.08. The molecule has 0 saturated heterocycles. The summed E-state index contributed by atoms with van der Waals surface area (Å²) in [4.78, 5) is 0. The first-order valence-corrected chi connectivity index (χ1v) is 6.52. The number of halogens is 1. The minimum absolute atomic E-state index is 0.131. The predicted octanol–water partition coefficient (Wildman–Crippen LogP) is 2.59. The summed E-state index contributed by atoms with van der Waals surface area (Å²) in [6, 6.07) is 7.15. The largest absolute Gasteiger partial charge is 0.310 e. The molecule has 102 valence electrons. The summed E-state index contributed by atoms with van der Waals surface area (Å²) in [6.45, 7) is 4.83. The van der Waals surface area contributed by atoms with Gasteiger partial charge in [-0.3, -0.25) is 4.68 Å². The van der Waals surface area contributed by atoms with Gasteiger partial charge in [-0.2, -0.15) is 5.10 Å². The van der Waals surface area contributed by atoms with Crippen LogP contribution in [-0.4, -0.2) is 15.8 Å². The monoisotopic (exact) mass is 261 g/mol. The molecule has 1 heterocycles. The first kappa shape index (κ1) is 13.7. The van der Waals surface area contributed by atoms with Gasteiger partial charge in [0.15, 0.2) is 0 Å². The number of aromatic nitrogens is 2. The molecule has 2 aromatic rings. The van der Waals surface area contributed by atoms with Crippen LogP contribution in [0.2, 0.25) is 0 Å². The van der Waals surface area contributed by atoms with E-state index in [4.69, 9.17) is 0 Å². The molecule has 0 aliphatic rings. The minimum atomic E-state index is -0.131. The third kappa shape index (κ3) is 3.64. The van der Waals surface area contributed by atoms with Gasteiger partial charge in [0.25, 0.3) is 0 Å². The second-order valence-electron chi connectivity index (χ2n) is 4.99. The molecule has 0 fully saturated rings. The number of aryl methyl sites for hydroxylation is 2. The van der Waals surface area contributed by atoms with Crippen molar-refractivity contribution in [3.8, 4) is 0 Å². The van der Waals surface area contributed by atoms with E-state index >= 15 is 0 Å². The third-order valence-electron chi connectivity index (χ3n) is 3.24. The van der Waals surface area contributed by atoms with Crippen LogP contribution < -0.4 is 5.32 Å². The van der Waals surface area contributed by atoms with Gasteiger partial charge >= 0.3 is 0 Å². The highest BCUT2D eigenvalue weighted by Crippen LogP contribution is 2.10. The van der Waals surface area contributed by atoms with Crippen LogP contribution in [0, 0.1) is 12.7 Å². The molecule has 0 spiro atoms. The Balaban J connectivity index is 1.90.